The minimum atomic E-state index is -0.980. The Balaban J connectivity index is 3.08. The first-order valence-corrected chi connectivity index (χ1v) is 2.35. The van der Waals surface area contributed by atoms with Crippen molar-refractivity contribution in [1.82, 2.24) is 9.78 Å². The molecule has 0 amide bonds. The van der Waals surface area contributed by atoms with Crippen LogP contribution in [0, 0.1) is 6.20 Å². The van der Waals surface area contributed by atoms with E-state index < -0.39 is 5.97 Å². The van der Waals surface area contributed by atoms with Crippen LogP contribution in [-0.2, 0) is 7.05 Å². The van der Waals surface area contributed by atoms with Gasteiger partial charge in [-0.15, -0.1) is 0 Å². The van der Waals surface area contributed by atoms with Crippen molar-refractivity contribution in [1.29, 1.82) is 0 Å². The Morgan fingerprint density at radius 1 is 2.00 bits per heavy atom. The molecule has 47 valence electrons. The molecule has 9 heavy (non-hydrogen) atoms. The Morgan fingerprint density at radius 2 is 2.67 bits per heavy atom. The molecule has 0 spiro atoms. The van der Waals surface area contributed by atoms with E-state index >= 15 is 0 Å². The van der Waals surface area contributed by atoms with Crippen molar-refractivity contribution in [2.24, 2.45) is 7.05 Å². The molecule has 1 rings (SSSR count). The first-order chi connectivity index (χ1) is 4.22. The lowest BCUT2D eigenvalue weighted by Crippen LogP contribution is -2.04. The summed E-state index contributed by atoms with van der Waals surface area (Å²) in [5, 5.41) is 11.9. The van der Waals surface area contributed by atoms with E-state index in [-0.39, 0.29) is 5.69 Å². The standard InChI is InChI=1S/C5H5N2O2/c1-7-4(5(8)9)2-3-6-7/h2H,1H3,(H,8,9). The third kappa shape index (κ3) is 0.910. The molecule has 1 N–H and O–H groups in total. The molecule has 4 nitrogen and oxygen atoms in total. The van der Waals surface area contributed by atoms with Crippen molar-refractivity contribution in [2.75, 3.05) is 0 Å². The Morgan fingerprint density at radius 3 is 2.89 bits per heavy atom. The van der Waals surface area contributed by atoms with E-state index in [1.54, 1.807) is 7.05 Å². The van der Waals surface area contributed by atoms with Crippen LogP contribution in [0.4, 0.5) is 0 Å². The fourth-order valence-electron chi connectivity index (χ4n) is 0.524. The number of nitrogens with zero attached hydrogens (tertiary/aromatic N) is 2. The first kappa shape index (κ1) is 5.81. The van der Waals surface area contributed by atoms with Gasteiger partial charge in [0.25, 0.3) is 0 Å². The van der Waals surface area contributed by atoms with Gasteiger partial charge in [0.15, 0.2) is 0 Å². The van der Waals surface area contributed by atoms with Gasteiger partial charge in [-0.1, -0.05) is 0 Å². The van der Waals surface area contributed by atoms with E-state index in [1.165, 1.54) is 10.7 Å². The quantitative estimate of drug-likeness (QED) is 0.571. The SMILES string of the molecule is Cn1n[c]cc1C(=O)O. The molecule has 1 aromatic heterocycles. The van der Waals surface area contributed by atoms with Crippen LogP contribution in [0.25, 0.3) is 0 Å². The molecule has 0 atom stereocenters. The van der Waals surface area contributed by atoms with Gasteiger partial charge in [-0.3, -0.25) is 4.68 Å². The largest absolute Gasteiger partial charge is 0.477 e. The molecule has 0 saturated heterocycles. The van der Waals surface area contributed by atoms with Gasteiger partial charge in [0.1, 0.15) is 11.9 Å². The van der Waals surface area contributed by atoms with Crippen molar-refractivity contribution >= 4 is 5.97 Å². The predicted molar refractivity (Wildman–Crippen MR) is 29.0 cm³/mol. The number of carbonyl (C=O) groups is 1. The molecule has 0 aliphatic heterocycles. The maximum atomic E-state index is 10.2. The van der Waals surface area contributed by atoms with E-state index in [0.717, 1.165) is 0 Å². The summed E-state index contributed by atoms with van der Waals surface area (Å²) < 4.78 is 1.25. The third-order valence-corrected chi connectivity index (χ3v) is 0.977. The zero-order valence-electron chi connectivity index (χ0n) is 4.83. The Kier molecular flexibility index (Phi) is 1.22. The van der Waals surface area contributed by atoms with Crippen molar-refractivity contribution in [3.8, 4) is 0 Å². The van der Waals surface area contributed by atoms with Crippen molar-refractivity contribution in [3.63, 3.8) is 0 Å². The second-order valence-electron chi connectivity index (χ2n) is 1.59. The molecule has 0 fully saturated rings. The van der Waals surface area contributed by atoms with Crippen LogP contribution < -0.4 is 0 Å². The summed E-state index contributed by atoms with van der Waals surface area (Å²) in [6.45, 7) is 0. The van der Waals surface area contributed by atoms with E-state index in [2.05, 4.69) is 11.3 Å². The highest BCUT2D eigenvalue weighted by molar-refractivity contribution is 5.85. The summed E-state index contributed by atoms with van der Waals surface area (Å²) in [6, 6.07) is 1.32. The van der Waals surface area contributed by atoms with E-state index in [1.807, 2.05) is 0 Å². The minimum absolute atomic E-state index is 0.148. The molecule has 1 radical (unpaired) electrons. The zero-order chi connectivity index (χ0) is 6.85. The van der Waals surface area contributed by atoms with Gasteiger partial charge in [0, 0.05) is 13.1 Å². The number of rotatable bonds is 1. The number of aromatic nitrogens is 2. The second-order valence-corrected chi connectivity index (χ2v) is 1.59. The minimum Gasteiger partial charge on any atom is -0.477 e. The Hall–Kier alpha value is -1.32. The van der Waals surface area contributed by atoms with Crippen molar-refractivity contribution in [3.05, 3.63) is 18.0 Å². The average Bonchev–Trinajstić information content (AvgIpc) is 2.13. The van der Waals surface area contributed by atoms with Crippen LogP contribution in [0.3, 0.4) is 0 Å². The lowest BCUT2D eigenvalue weighted by atomic mass is 10.4. The summed E-state index contributed by atoms with van der Waals surface area (Å²) in [4.78, 5) is 10.2. The number of hydrogen-bond acceptors (Lipinski definition) is 2. The molecular weight excluding hydrogens is 120 g/mol. The summed E-state index contributed by atoms with van der Waals surface area (Å²) in [5.74, 6) is -0.980. The molecule has 1 heterocycles. The van der Waals surface area contributed by atoms with Gasteiger partial charge in [-0.25, -0.2) is 4.79 Å². The monoisotopic (exact) mass is 125 g/mol. The predicted octanol–water partition coefficient (Wildman–Crippen LogP) is -0.0815. The lowest BCUT2D eigenvalue weighted by Gasteiger charge is -1.90. The molecule has 1 aromatic rings. The highest BCUT2D eigenvalue weighted by atomic mass is 16.4. The van der Waals surface area contributed by atoms with E-state index in [9.17, 15) is 4.79 Å². The number of hydrogen-bond donors (Lipinski definition) is 1. The number of carboxylic acids is 1. The molecule has 0 bridgehead atoms. The molecule has 4 heteroatoms. The van der Waals surface area contributed by atoms with Crippen LogP contribution in [0.15, 0.2) is 6.07 Å². The smallest absolute Gasteiger partial charge is 0.354 e. The highest BCUT2D eigenvalue weighted by Gasteiger charge is 2.05. The summed E-state index contributed by atoms with van der Waals surface area (Å²) in [6.07, 6.45) is 2.41. The van der Waals surface area contributed by atoms with Gasteiger partial charge in [0.05, 0.1) is 0 Å². The van der Waals surface area contributed by atoms with Crippen LogP contribution in [0.2, 0.25) is 0 Å². The molecule has 0 saturated carbocycles. The van der Waals surface area contributed by atoms with Gasteiger partial charge in [-0.2, -0.15) is 5.10 Å². The molecule has 0 aliphatic rings. The Bertz CT molecular complexity index is 229. The third-order valence-electron chi connectivity index (χ3n) is 0.977. The van der Waals surface area contributed by atoms with Gasteiger partial charge >= 0.3 is 5.97 Å². The van der Waals surface area contributed by atoms with Gasteiger partial charge in [-0.05, 0) is 0 Å². The highest BCUT2D eigenvalue weighted by Crippen LogP contribution is 1.92. The average molecular weight is 125 g/mol. The Labute approximate surface area is 51.7 Å². The molecule has 0 aliphatic carbocycles. The maximum Gasteiger partial charge on any atom is 0.354 e. The van der Waals surface area contributed by atoms with Crippen LogP contribution >= 0.6 is 0 Å². The maximum absolute atomic E-state index is 10.2. The molecule has 0 unspecified atom stereocenters. The normalized spacial score (nSPS) is 9.44. The zero-order valence-corrected chi connectivity index (χ0v) is 4.83. The molecule has 0 aromatic carbocycles. The molecular formula is C5H5N2O2. The lowest BCUT2D eigenvalue weighted by molar-refractivity contribution is 0.0685. The first-order valence-electron chi connectivity index (χ1n) is 2.35. The van der Waals surface area contributed by atoms with Gasteiger partial charge < -0.3 is 5.11 Å². The van der Waals surface area contributed by atoms with Crippen molar-refractivity contribution < 1.29 is 9.90 Å². The van der Waals surface area contributed by atoms with Crippen LogP contribution in [0.1, 0.15) is 10.5 Å². The van der Waals surface area contributed by atoms with Crippen molar-refractivity contribution in [2.45, 2.75) is 0 Å². The van der Waals surface area contributed by atoms with Crippen LogP contribution in [-0.4, -0.2) is 20.9 Å². The number of aromatic carboxylic acids is 1. The number of carboxylic acid groups (broad SMARTS) is 1. The van der Waals surface area contributed by atoms with E-state index in [4.69, 9.17) is 5.11 Å². The fraction of sp³-hybridized carbons (Fsp3) is 0.200. The number of aryl methyl sites for hydroxylation is 1. The van der Waals surface area contributed by atoms with Gasteiger partial charge in [0.2, 0.25) is 0 Å². The fourth-order valence-corrected chi connectivity index (χ4v) is 0.524. The van der Waals surface area contributed by atoms with Crippen LogP contribution in [0.5, 0.6) is 0 Å². The topological polar surface area (TPSA) is 55.1 Å². The summed E-state index contributed by atoms with van der Waals surface area (Å²) >= 11 is 0. The second kappa shape index (κ2) is 1.89. The summed E-state index contributed by atoms with van der Waals surface area (Å²) in [5.41, 5.74) is 0.148. The summed E-state index contributed by atoms with van der Waals surface area (Å²) in [7, 11) is 1.56. The van der Waals surface area contributed by atoms with E-state index in [0.29, 0.717) is 0 Å².